The Kier molecular flexibility index (Phi) is 3.85. The summed E-state index contributed by atoms with van der Waals surface area (Å²) in [6.07, 6.45) is -0.908. The van der Waals surface area contributed by atoms with E-state index in [1.807, 2.05) is 36.5 Å². The lowest BCUT2D eigenvalue weighted by Gasteiger charge is -2.02. The number of carbonyl (C=O) groups excluding carboxylic acids is 1. The predicted molar refractivity (Wildman–Crippen MR) is 55.9 cm³/mol. The van der Waals surface area contributed by atoms with Gasteiger partial charge in [-0.3, -0.25) is 4.79 Å². The molecule has 15 heavy (non-hydrogen) atoms. The van der Waals surface area contributed by atoms with Crippen LogP contribution < -0.4 is 5.32 Å². The average Bonchev–Trinajstić information content (AvgIpc) is 2.15. The predicted octanol–water partition coefficient (Wildman–Crippen LogP) is 1.37. The van der Waals surface area contributed by atoms with E-state index in [1.165, 1.54) is 0 Å². The Morgan fingerprint density at radius 2 is 2.13 bits per heavy atom. The van der Waals surface area contributed by atoms with Crippen LogP contribution in [0.2, 0.25) is 0 Å². The number of benzene rings is 1. The summed E-state index contributed by atoms with van der Waals surface area (Å²) in [5.74, 6) is -0.136. The summed E-state index contributed by atoms with van der Waals surface area (Å²) in [6.45, 7) is 1.81. The minimum absolute atomic E-state index is 0.136. The van der Waals surface area contributed by atoms with Crippen molar-refractivity contribution in [1.82, 2.24) is 5.32 Å². The maximum atomic E-state index is 11.3. The monoisotopic (exact) mass is 207 g/mol. The highest BCUT2D eigenvalue weighted by molar-refractivity contribution is 5.85. The largest absolute Gasteiger partial charge is 0.465 e. The lowest BCUT2D eigenvalue weighted by atomic mass is 10.1. The van der Waals surface area contributed by atoms with Gasteiger partial charge in [-0.15, -0.1) is 0 Å². The van der Waals surface area contributed by atoms with Crippen molar-refractivity contribution in [2.24, 2.45) is 0 Å². The zero-order valence-corrected chi connectivity index (χ0v) is 8.49. The number of amides is 1. The van der Waals surface area contributed by atoms with Crippen LogP contribution in [0.15, 0.2) is 24.3 Å². The topological polar surface area (TPSA) is 66.4 Å². The van der Waals surface area contributed by atoms with E-state index in [9.17, 15) is 9.59 Å². The molecular weight excluding hydrogens is 194 g/mol. The van der Waals surface area contributed by atoms with Crippen LogP contribution >= 0.6 is 0 Å². The van der Waals surface area contributed by atoms with Crippen LogP contribution in [0.5, 0.6) is 0 Å². The van der Waals surface area contributed by atoms with Gasteiger partial charge in [0.15, 0.2) is 5.78 Å². The van der Waals surface area contributed by atoms with Gasteiger partial charge >= 0.3 is 6.09 Å². The van der Waals surface area contributed by atoms with E-state index in [2.05, 4.69) is 0 Å². The quantitative estimate of drug-likeness (QED) is 0.783. The second-order valence-corrected chi connectivity index (χ2v) is 3.36. The molecule has 0 aromatic heterocycles. The molecule has 0 aliphatic heterocycles. The molecule has 2 N–H and O–H groups in total. The first kappa shape index (κ1) is 11.2. The summed E-state index contributed by atoms with van der Waals surface area (Å²) < 4.78 is 0. The smallest absolute Gasteiger partial charge is 0.405 e. The van der Waals surface area contributed by atoms with Gasteiger partial charge in [0.25, 0.3) is 0 Å². The Bertz CT molecular complexity index is 374. The van der Waals surface area contributed by atoms with Crippen molar-refractivity contribution in [2.45, 2.75) is 13.3 Å². The molecule has 1 amide bonds. The number of aryl methyl sites for hydroxylation is 1. The fourth-order valence-electron chi connectivity index (χ4n) is 1.29. The van der Waals surface area contributed by atoms with Gasteiger partial charge in [0.05, 0.1) is 6.54 Å². The third-order valence-electron chi connectivity index (χ3n) is 1.92. The summed E-state index contributed by atoms with van der Waals surface area (Å²) in [5.41, 5.74) is 2.00. The maximum absolute atomic E-state index is 11.3. The lowest BCUT2D eigenvalue weighted by molar-refractivity contribution is -0.117. The number of rotatable bonds is 4. The normalized spacial score (nSPS) is 9.67. The summed E-state index contributed by atoms with van der Waals surface area (Å²) in [6, 6.07) is 7.59. The van der Waals surface area contributed by atoms with E-state index >= 15 is 0 Å². The van der Waals surface area contributed by atoms with Crippen molar-refractivity contribution < 1.29 is 14.7 Å². The van der Waals surface area contributed by atoms with Crippen molar-refractivity contribution in [1.29, 1.82) is 0 Å². The third-order valence-corrected chi connectivity index (χ3v) is 1.92. The first-order valence-electron chi connectivity index (χ1n) is 4.62. The first-order chi connectivity index (χ1) is 7.08. The van der Waals surface area contributed by atoms with Gasteiger partial charge in [-0.2, -0.15) is 0 Å². The molecule has 1 rings (SSSR count). The van der Waals surface area contributed by atoms with E-state index in [4.69, 9.17) is 5.11 Å². The minimum atomic E-state index is -1.17. The molecule has 0 aliphatic rings. The molecule has 0 radical (unpaired) electrons. The van der Waals surface area contributed by atoms with Crippen molar-refractivity contribution >= 4 is 11.9 Å². The fraction of sp³-hybridized carbons (Fsp3) is 0.273. The van der Waals surface area contributed by atoms with Gasteiger partial charge in [-0.25, -0.2) is 4.79 Å². The van der Waals surface area contributed by atoms with Gasteiger partial charge in [0.1, 0.15) is 0 Å². The zero-order valence-electron chi connectivity index (χ0n) is 8.49. The molecule has 80 valence electrons. The molecule has 1 aromatic carbocycles. The summed E-state index contributed by atoms with van der Waals surface area (Å²) in [4.78, 5) is 21.4. The van der Waals surface area contributed by atoms with Crippen LogP contribution in [0.3, 0.4) is 0 Å². The second kappa shape index (κ2) is 5.14. The molecular formula is C11H13NO3. The van der Waals surface area contributed by atoms with Crippen molar-refractivity contribution in [3.05, 3.63) is 35.4 Å². The first-order valence-corrected chi connectivity index (χ1v) is 4.62. The lowest BCUT2D eigenvalue weighted by Crippen LogP contribution is -2.28. The van der Waals surface area contributed by atoms with Gasteiger partial charge in [0.2, 0.25) is 0 Å². The van der Waals surface area contributed by atoms with E-state index in [1.54, 1.807) is 0 Å². The van der Waals surface area contributed by atoms with Crippen LogP contribution in [-0.2, 0) is 11.2 Å². The summed E-state index contributed by atoms with van der Waals surface area (Å²) in [7, 11) is 0. The van der Waals surface area contributed by atoms with Crippen LogP contribution in [0.25, 0.3) is 0 Å². The Labute approximate surface area is 87.9 Å². The highest BCUT2D eigenvalue weighted by Gasteiger charge is 2.05. The second-order valence-electron chi connectivity index (χ2n) is 3.36. The average molecular weight is 207 g/mol. The van der Waals surface area contributed by atoms with Gasteiger partial charge in [0, 0.05) is 6.42 Å². The fourth-order valence-corrected chi connectivity index (χ4v) is 1.29. The summed E-state index contributed by atoms with van der Waals surface area (Å²) >= 11 is 0. The molecule has 0 aliphatic carbocycles. The number of ketones is 1. The maximum Gasteiger partial charge on any atom is 0.405 e. The molecule has 0 fully saturated rings. The Hall–Kier alpha value is -1.84. The molecule has 0 spiro atoms. The SMILES string of the molecule is Cc1cccc(CC(=O)CNC(=O)O)c1. The minimum Gasteiger partial charge on any atom is -0.465 e. The number of hydrogen-bond donors (Lipinski definition) is 2. The van der Waals surface area contributed by atoms with Gasteiger partial charge in [-0.1, -0.05) is 29.8 Å². The highest BCUT2D eigenvalue weighted by atomic mass is 16.4. The van der Waals surface area contributed by atoms with Crippen molar-refractivity contribution in [3.63, 3.8) is 0 Å². The molecule has 0 atom stereocenters. The van der Waals surface area contributed by atoms with Crippen molar-refractivity contribution in [3.8, 4) is 0 Å². The van der Waals surface area contributed by atoms with E-state index in [0.29, 0.717) is 0 Å². The van der Waals surface area contributed by atoms with Gasteiger partial charge in [-0.05, 0) is 12.5 Å². The number of hydrogen-bond acceptors (Lipinski definition) is 2. The number of carboxylic acid groups (broad SMARTS) is 1. The van der Waals surface area contributed by atoms with Crippen LogP contribution in [0.4, 0.5) is 4.79 Å². The van der Waals surface area contributed by atoms with Crippen LogP contribution in [0, 0.1) is 6.92 Å². The molecule has 4 heteroatoms. The highest BCUT2D eigenvalue weighted by Crippen LogP contribution is 2.04. The third kappa shape index (κ3) is 4.26. The standard InChI is InChI=1S/C11H13NO3/c1-8-3-2-4-9(5-8)6-10(13)7-12-11(14)15/h2-5,12H,6-7H2,1H3,(H,14,15). The van der Waals surface area contributed by atoms with Crippen LogP contribution in [-0.4, -0.2) is 23.5 Å². The molecule has 4 nitrogen and oxygen atoms in total. The van der Waals surface area contributed by atoms with Gasteiger partial charge < -0.3 is 10.4 Å². The van der Waals surface area contributed by atoms with Crippen molar-refractivity contribution in [2.75, 3.05) is 6.54 Å². The molecule has 0 bridgehead atoms. The molecule has 0 unspecified atom stereocenters. The Balaban J connectivity index is 2.48. The molecule has 1 aromatic rings. The summed E-state index contributed by atoms with van der Waals surface area (Å²) in [5, 5.41) is 10.4. The Morgan fingerprint density at radius 3 is 2.73 bits per heavy atom. The van der Waals surface area contributed by atoms with E-state index in [0.717, 1.165) is 11.1 Å². The van der Waals surface area contributed by atoms with Crippen LogP contribution in [0.1, 0.15) is 11.1 Å². The Morgan fingerprint density at radius 1 is 1.40 bits per heavy atom. The van der Waals surface area contributed by atoms with E-state index < -0.39 is 6.09 Å². The molecule has 0 saturated heterocycles. The molecule has 0 saturated carbocycles. The van der Waals surface area contributed by atoms with E-state index in [-0.39, 0.29) is 18.7 Å². The molecule has 0 heterocycles. The zero-order chi connectivity index (χ0) is 11.3. The number of carbonyl (C=O) groups is 2. The number of nitrogens with one attached hydrogen (secondary N) is 1. The number of Topliss-reactive ketones (excluding diaryl/α,β-unsaturated/α-hetero) is 1.